The maximum atomic E-state index is 5.63. The summed E-state index contributed by atoms with van der Waals surface area (Å²) < 4.78 is 1.10. The van der Waals surface area contributed by atoms with Gasteiger partial charge in [-0.3, -0.25) is 0 Å². The number of nitrogens with zero attached hydrogens (tertiary/aromatic N) is 2. The van der Waals surface area contributed by atoms with E-state index in [2.05, 4.69) is 58.0 Å². The maximum Gasteiger partial charge on any atom is 0.131 e. The first kappa shape index (κ1) is 14.0. The van der Waals surface area contributed by atoms with Gasteiger partial charge >= 0.3 is 0 Å². The van der Waals surface area contributed by atoms with Crippen molar-refractivity contribution >= 4 is 21.7 Å². The minimum absolute atomic E-state index is 0.531. The second kappa shape index (κ2) is 6.17. The third kappa shape index (κ3) is 3.55. The van der Waals surface area contributed by atoms with Crippen LogP contribution in [-0.2, 0) is 13.1 Å². The Labute approximate surface area is 122 Å². The number of nitrogens with two attached hydrogens (primary N) is 1. The Bertz CT molecular complexity index is 569. The molecule has 4 heteroatoms. The predicted octanol–water partition coefficient (Wildman–Crippen LogP) is 3.25. The predicted molar refractivity (Wildman–Crippen MR) is 83.1 cm³/mol. The van der Waals surface area contributed by atoms with Gasteiger partial charge in [-0.2, -0.15) is 0 Å². The van der Waals surface area contributed by atoms with Gasteiger partial charge in [-0.15, -0.1) is 0 Å². The fourth-order valence-corrected chi connectivity index (χ4v) is 2.57. The molecule has 2 aromatic rings. The van der Waals surface area contributed by atoms with E-state index in [1.54, 1.807) is 0 Å². The molecule has 1 aromatic heterocycles. The molecular weight excluding hydrogens is 302 g/mol. The van der Waals surface area contributed by atoms with Crippen LogP contribution in [0.5, 0.6) is 0 Å². The number of hydrogen-bond acceptors (Lipinski definition) is 3. The van der Waals surface area contributed by atoms with Crippen LogP contribution in [0.3, 0.4) is 0 Å². The van der Waals surface area contributed by atoms with Gasteiger partial charge in [-0.25, -0.2) is 4.98 Å². The van der Waals surface area contributed by atoms with Crippen LogP contribution in [-0.4, -0.2) is 12.0 Å². The van der Waals surface area contributed by atoms with Gasteiger partial charge in [-0.1, -0.05) is 28.1 Å². The van der Waals surface area contributed by atoms with E-state index in [4.69, 9.17) is 5.73 Å². The van der Waals surface area contributed by atoms with E-state index in [1.807, 2.05) is 18.3 Å². The number of anilines is 1. The standard InChI is InChI=1S/C15H18BrN3/c1-11-6-13(8-17)9-18-15(11)19(2)10-12-4-3-5-14(16)7-12/h3-7,9H,8,10,17H2,1-2H3. The number of benzene rings is 1. The second-order valence-corrected chi connectivity index (χ2v) is 5.59. The van der Waals surface area contributed by atoms with E-state index in [1.165, 1.54) is 5.56 Å². The number of halogens is 1. The first-order valence-corrected chi connectivity index (χ1v) is 7.00. The van der Waals surface area contributed by atoms with Crippen LogP contribution < -0.4 is 10.6 Å². The maximum absolute atomic E-state index is 5.63. The molecule has 1 aromatic carbocycles. The Balaban J connectivity index is 2.18. The topological polar surface area (TPSA) is 42.1 Å². The molecule has 0 aliphatic rings. The number of rotatable bonds is 4. The molecule has 0 fully saturated rings. The summed E-state index contributed by atoms with van der Waals surface area (Å²) in [5.74, 6) is 0.997. The molecular formula is C15H18BrN3. The molecule has 0 saturated heterocycles. The number of aryl methyl sites for hydroxylation is 1. The van der Waals surface area contributed by atoms with Crippen molar-refractivity contribution in [1.29, 1.82) is 0 Å². The van der Waals surface area contributed by atoms with Crippen molar-refractivity contribution in [1.82, 2.24) is 4.98 Å². The molecule has 0 atom stereocenters. The largest absolute Gasteiger partial charge is 0.355 e. The Morgan fingerprint density at radius 2 is 2.05 bits per heavy atom. The summed E-state index contributed by atoms with van der Waals surface area (Å²) in [4.78, 5) is 6.65. The first-order chi connectivity index (χ1) is 9.10. The highest BCUT2D eigenvalue weighted by Crippen LogP contribution is 2.20. The van der Waals surface area contributed by atoms with Crippen LogP contribution >= 0.6 is 15.9 Å². The van der Waals surface area contributed by atoms with Gasteiger partial charge in [0.1, 0.15) is 5.82 Å². The molecule has 0 aliphatic carbocycles. The number of pyridine rings is 1. The highest BCUT2D eigenvalue weighted by atomic mass is 79.9. The lowest BCUT2D eigenvalue weighted by Gasteiger charge is -2.20. The van der Waals surface area contributed by atoms with Crippen LogP contribution in [0.1, 0.15) is 16.7 Å². The third-order valence-electron chi connectivity index (χ3n) is 3.01. The normalized spacial score (nSPS) is 10.5. The molecule has 0 aliphatic heterocycles. The summed E-state index contributed by atoms with van der Waals surface area (Å²) in [5.41, 5.74) is 9.10. The van der Waals surface area contributed by atoms with Crippen LogP contribution in [0.2, 0.25) is 0 Å². The molecule has 0 radical (unpaired) electrons. The van der Waals surface area contributed by atoms with Gasteiger partial charge in [0, 0.05) is 30.8 Å². The third-order valence-corrected chi connectivity index (χ3v) is 3.51. The van der Waals surface area contributed by atoms with Crippen LogP contribution in [0, 0.1) is 6.92 Å². The van der Waals surface area contributed by atoms with E-state index in [0.717, 1.165) is 28.0 Å². The average Bonchev–Trinajstić information content (AvgIpc) is 2.38. The molecule has 3 nitrogen and oxygen atoms in total. The summed E-state index contributed by atoms with van der Waals surface area (Å²) >= 11 is 3.49. The van der Waals surface area contributed by atoms with Crippen molar-refractivity contribution in [2.24, 2.45) is 5.73 Å². The number of hydrogen-bond donors (Lipinski definition) is 1. The summed E-state index contributed by atoms with van der Waals surface area (Å²) in [6, 6.07) is 10.4. The molecule has 0 saturated carbocycles. The summed E-state index contributed by atoms with van der Waals surface area (Å²) in [6.45, 7) is 3.43. The Morgan fingerprint density at radius 1 is 1.26 bits per heavy atom. The van der Waals surface area contributed by atoms with E-state index < -0.39 is 0 Å². The SMILES string of the molecule is Cc1cc(CN)cnc1N(C)Cc1cccc(Br)c1. The fourth-order valence-electron chi connectivity index (χ4n) is 2.12. The van der Waals surface area contributed by atoms with Crippen LogP contribution in [0.15, 0.2) is 41.0 Å². The minimum atomic E-state index is 0.531. The van der Waals surface area contributed by atoms with E-state index in [-0.39, 0.29) is 0 Å². The van der Waals surface area contributed by atoms with E-state index >= 15 is 0 Å². The molecule has 100 valence electrons. The Kier molecular flexibility index (Phi) is 4.56. The lowest BCUT2D eigenvalue weighted by atomic mass is 10.1. The zero-order valence-electron chi connectivity index (χ0n) is 11.2. The van der Waals surface area contributed by atoms with Gasteiger partial charge in [0.15, 0.2) is 0 Å². The summed E-state index contributed by atoms with van der Waals surface area (Å²) in [7, 11) is 2.05. The smallest absolute Gasteiger partial charge is 0.131 e. The van der Waals surface area contributed by atoms with Crippen molar-refractivity contribution in [3.8, 4) is 0 Å². The molecule has 2 rings (SSSR count). The van der Waals surface area contributed by atoms with Crippen molar-refractivity contribution in [2.75, 3.05) is 11.9 Å². The lowest BCUT2D eigenvalue weighted by Crippen LogP contribution is -2.19. The van der Waals surface area contributed by atoms with E-state index in [9.17, 15) is 0 Å². The minimum Gasteiger partial charge on any atom is -0.355 e. The molecule has 1 heterocycles. The Hall–Kier alpha value is -1.39. The van der Waals surface area contributed by atoms with Crippen molar-refractivity contribution in [2.45, 2.75) is 20.0 Å². The quantitative estimate of drug-likeness (QED) is 0.940. The molecule has 0 bridgehead atoms. The van der Waals surface area contributed by atoms with Gasteiger partial charge in [0.25, 0.3) is 0 Å². The van der Waals surface area contributed by atoms with Crippen LogP contribution in [0.25, 0.3) is 0 Å². The van der Waals surface area contributed by atoms with Crippen molar-refractivity contribution in [3.05, 3.63) is 57.7 Å². The Morgan fingerprint density at radius 3 is 2.68 bits per heavy atom. The molecule has 0 amide bonds. The zero-order chi connectivity index (χ0) is 13.8. The molecule has 19 heavy (non-hydrogen) atoms. The van der Waals surface area contributed by atoms with Gasteiger partial charge < -0.3 is 10.6 Å². The summed E-state index contributed by atoms with van der Waals surface area (Å²) in [6.07, 6.45) is 1.85. The first-order valence-electron chi connectivity index (χ1n) is 6.21. The number of aromatic nitrogens is 1. The lowest BCUT2D eigenvalue weighted by molar-refractivity contribution is 0.884. The highest BCUT2D eigenvalue weighted by molar-refractivity contribution is 9.10. The van der Waals surface area contributed by atoms with Crippen molar-refractivity contribution in [3.63, 3.8) is 0 Å². The van der Waals surface area contributed by atoms with Crippen LogP contribution in [0.4, 0.5) is 5.82 Å². The summed E-state index contributed by atoms with van der Waals surface area (Å²) in [5, 5.41) is 0. The zero-order valence-corrected chi connectivity index (χ0v) is 12.8. The second-order valence-electron chi connectivity index (χ2n) is 4.67. The molecule has 2 N–H and O–H groups in total. The van der Waals surface area contributed by atoms with Gasteiger partial charge in [0.2, 0.25) is 0 Å². The van der Waals surface area contributed by atoms with Crippen molar-refractivity contribution < 1.29 is 0 Å². The van der Waals surface area contributed by atoms with Gasteiger partial charge in [-0.05, 0) is 41.8 Å². The monoisotopic (exact) mass is 319 g/mol. The average molecular weight is 320 g/mol. The fraction of sp³-hybridized carbons (Fsp3) is 0.267. The molecule has 0 spiro atoms. The van der Waals surface area contributed by atoms with Gasteiger partial charge in [0.05, 0.1) is 0 Å². The molecule has 0 unspecified atom stereocenters. The highest BCUT2D eigenvalue weighted by Gasteiger charge is 2.07. The van der Waals surface area contributed by atoms with E-state index in [0.29, 0.717) is 6.54 Å².